The van der Waals surface area contributed by atoms with Gasteiger partial charge in [0.1, 0.15) is 0 Å². The normalized spacial score (nSPS) is 21.6. The van der Waals surface area contributed by atoms with Gasteiger partial charge in [0.15, 0.2) is 0 Å². The Labute approximate surface area is 148 Å². The Morgan fingerprint density at radius 1 is 1.04 bits per heavy atom. The first-order chi connectivity index (χ1) is 12.0. The Bertz CT molecular complexity index is 720. The van der Waals surface area contributed by atoms with Crippen LogP contribution >= 0.6 is 0 Å². The third-order valence-electron chi connectivity index (χ3n) is 4.86. The highest BCUT2D eigenvalue weighted by atomic mass is 19.3. The molecule has 0 radical (unpaired) electrons. The molecular formula is C22H24F2O. The molecule has 0 N–H and O–H groups in total. The van der Waals surface area contributed by atoms with Crippen LogP contribution in [0, 0.1) is 5.92 Å². The molecule has 0 saturated carbocycles. The van der Waals surface area contributed by atoms with Crippen molar-refractivity contribution >= 4 is 0 Å². The molecule has 2 aromatic carbocycles. The van der Waals surface area contributed by atoms with Crippen molar-refractivity contribution in [2.75, 3.05) is 6.61 Å². The lowest BCUT2D eigenvalue weighted by Crippen LogP contribution is -2.20. The van der Waals surface area contributed by atoms with Gasteiger partial charge in [0.05, 0.1) is 6.61 Å². The number of aryl methyl sites for hydroxylation is 1. The molecule has 3 rings (SSSR count). The maximum Gasteiger partial charge on any atom is 0.380 e. The van der Waals surface area contributed by atoms with Crippen LogP contribution in [0.4, 0.5) is 8.78 Å². The van der Waals surface area contributed by atoms with Crippen LogP contribution in [0.5, 0.6) is 0 Å². The van der Waals surface area contributed by atoms with Gasteiger partial charge in [-0.3, -0.25) is 0 Å². The van der Waals surface area contributed by atoms with Gasteiger partial charge >= 0.3 is 6.11 Å². The molecule has 25 heavy (non-hydrogen) atoms. The fourth-order valence-electron chi connectivity index (χ4n) is 3.57. The highest BCUT2D eigenvalue weighted by molar-refractivity contribution is 5.38. The Kier molecular flexibility index (Phi) is 5.33. The molecule has 1 heterocycles. The first kappa shape index (κ1) is 17.8. The second kappa shape index (κ2) is 7.49. The molecule has 0 spiro atoms. The van der Waals surface area contributed by atoms with Gasteiger partial charge in [0.25, 0.3) is 0 Å². The molecule has 1 aliphatic heterocycles. The molecule has 0 bridgehead atoms. The van der Waals surface area contributed by atoms with Crippen LogP contribution in [0.2, 0.25) is 0 Å². The van der Waals surface area contributed by atoms with Crippen molar-refractivity contribution in [2.45, 2.75) is 38.7 Å². The van der Waals surface area contributed by atoms with E-state index in [1.165, 1.54) is 5.56 Å². The number of benzene rings is 2. The minimum atomic E-state index is -3.18. The third-order valence-corrected chi connectivity index (χ3v) is 4.86. The average molecular weight is 342 g/mol. The van der Waals surface area contributed by atoms with Crippen molar-refractivity contribution in [3.05, 3.63) is 82.9 Å². The van der Waals surface area contributed by atoms with Crippen LogP contribution in [0.15, 0.2) is 71.8 Å². The summed E-state index contributed by atoms with van der Waals surface area (Å²) < 4.78 is 34.1. The minimum Gasteiger partial charge on any atom is -0.316 e. The molecule has 1 atom stereocenters. The van der Waals surface area contributed by atoms with Crippen molar-refractivity contribution in [3.8, 4) is 0 Å². The third kappa shape index (κ3) is 3.98. The molecule has 1 aliphatic rings. The Morgan fingerprint density at radius 2 is 1.64 bits per heavy atom. The van der Waals surface area contributed by atoms with Gasteiger partial charge in [0, 0.05) is 11.5 Å². The Morgan fingerprint density at radius 3 is 2.24 bits per heavy atom. The maximum atomic E-state index is 14.6. The summed E-state index contributed by atoms with van der Waals surface area (Å²) in [5, 5.41) is 0. The van der Waals surface area contributed by atoms with Crippen molar-refractivity contribution in [1.29, 1.82) is 0 Å². The summed E-state index contributed by atoms with van der Waals surface area (Å²) in [5.74, 6) is -0.318. The van der Waals surface area contributed by atoms with E-state index in [1.54, 1.807) is 0 Å². The van der Waals surface area contributed by atoms with Crippen molar-refractivity contribution in [1.82, 2.24) is 0 Å². The number of alkyl halides is 2. The maximum absolute atomic E-state index is 14.6. The molecule has 1 nitrogen and oxygen atoms in total. The fraction of sp³-hybridized carbons (Fsp3) is 0.364. The van der Waals surface area contributed by atoms with Gasteiger partial charge in [0.2, 0.25) is 0 Å². The topological polar surface area (TPSA) is 9.23 Å². The van der Waals surface area contributed by atoms with E-state index in [0.717, 1.165) is 17.6 Å². The fourth-order valence-corrected chi connectivity index (χ4v) is 3.57. The molecule has 1 fully saturated rings. The largest absolute Gasteiger partial charge is 0.380 e. The van der Waals surface area contributed by atoms with Gasteiger partial charge in [-0.1, -0.05) is 80.1 Å². The van der Waals surface area contributed by atoms with E-state index in [2.05, 4.69) is 0 Å². The second-order valence-electron chi connectivity index (χ2n) is 6.87. The van der Waals surface area contributed by atoms with Gasteiger partial charge in [-0.15, -0.1) is 0 Å². The predicted molar refractivity (Wildman–Crippen MR) is 96.7 cm³/mol. The molecule has 3 heteroatoms. The summed E-state index contributed by atoms with van der Waals surface area (Å²) in [7, 11) is 0. The van der Waals surface area contributed by atoms with Gasteiger partial charge in [-0.2, -0.15) is 8.78 Å². The SMILES string of the molecule is CC(C)/C(CCc1ccccc1)=C1/C(c2ccccc2)COC1(F)F. The zero-order valence-electron chi connectivity index (χ0n) is 14.7. The predicted octanol–water partition coefficient (Wildman–Crippen LogP) is 5.98. The van der Waals surface area contributed by atoms with Gasteiger partial charge in [-0.25, -0.2) is 0 Å². The first-order valence-electron chi connectivity index (χ1n) is 8.83. The minimum absolute atomic E-state index is 0.0356. The molecule has 0 amide bonds. The van der Waals surface area contributed by atoms with E-state index in [0.29, 0.717) is 6.42 Å². The average Bonchev–Trinajstić information content (AvgIpc) is 2.92. The molecule has 1 unspecified atom stereocenters. The van der Waals surface area contributed by atoms with Crippen molar-refractivity contribution < 1.29 is 13.5 Å². The monoisotopic (exact) mass is 342 g/mol. The molecular weight excluding hydrogens is 318 g/mol. The summed E-state index contributed by atoms with van der Waals surface area (Å²) in [5.41, 5.74) is 3.05. The number of rotatable bonds is 5. The summed E-state index contributed by atoms with van der Waals surface area (Å²) in [6.45, 7) is 4.02. The van der Waals surface area contributed by atoms with Crippen molar-refractivity contribution in [2.24, 2.45) is 5.92 Å². The standard InChI is InChI=1S/C22H24F2O/c1-16(2)19(14-13-17-9-5-3-6-10-17)21-20(15-25-22(21,23)24)18-11-7-4-8-12-18/h3-12,16,20H,13-15H2,1-2H3/b21-19-. The molecule has 2 aromatic rings. The number of hydrogen-bond donors (Lipinski definition) is 0. The molecule has 1 saturated heterocycles. The van der Waals surface area contributed by atoms with Crippen LogP contribution in [0.1, 0.15) is 37.3 Å². The molecule has 0 aliphatic carbocycles. The molecule has 132 valence electrons. The summed E-state index contributed by atoms with van der Waals surface area (Å²) >= 11 is 0. The Balaban J connectivity index is 1.96. The van der Waals surface area contributed by atoms with Crippen LogP contribution in [0.25, 0.3) is 0 Å². The Hall–Kier alpha value is -2.00. The zero-order valence-corrected chi connectivity index (χ0v) is 14.7. The van der Waals surface area contributed by atoms with Crippen LogP contribution < -0.4 is 0 Å². The number of halogens is 2. The number of ether oxygens (including phenoxy) is 1. The lowest BCUT2D eigenvalue weighted by molar-refractivity contribution is -0.182. The highest BCUT2D eigenvalue weighted by Crippen LogP contribution is 2.47. The van der Waals surface area contributed by atoms with Crippen LogP contribution in [-0.2, 0) is 11.2 Å². The summed E-state index contributed by atoms with van der Waals surface area (Å²) in [6, 6.07) is 19.5. The summed E-state index contributed by atoms with van der Waals surface area (Å²) in [4.78, 5) is 0. The van der Waals surface area contributed by atoms with Crippen LogP contribution in [-0.4, -0.2) is 12.7 Å². The smallest absolute Gasteiger partial charge is 0.316 e. The number of hydrogen-bond acceptors (Lipinski definition) is 1. The summed E-state index contributed by atoms with van der Waals surface area (Å²) in [6.07, 6.45) is -1.80. The van der Waals surface area contributed by atoms with E-state index < -0.39 is 6.11 Å². The molecule has 0 aromatic heterocycles. The van der Waals surface area contributed by atoms with Gasteiger partial charge in [-0.05, 0) is 29.9 Å². The van der Waals surface area contributed by atoms with E-state index in [-0.39, 0.29) is 24.0 Å². The number of allylic oxidation sites excluding steroid dienone is 1. The van der Waals surface area contributed by atoms with E-state index >= 15 is 0 Å². The first-order valence-corrected chi connectivity index (χ1v) is 8.83. The zero-order chi connectivity index (χ0) is 17.9. The van der Waals surface area contributed by atoms with E-state index in [9.17, 15) is 8.78 Å². The highest BCUT2D eigenvalue weighted by Gasteiger charge is 2.49. The van der Waals surface area contributed by atoms with Crippen LogP contribution in [0.3, 0.4) is 0 Å². The van der Waals surface area contributed by atoms with Crippen molar-refractivity contribution in [3.63, 3.8) is 0 Å². The van der Waals surface area contributed by atoms with E-state index in [4.69, 9.17) is 4.74 Å². The lowest BCUT2D eigenvalue weighted by Gasteiger charge is -2.22. The second-order valence-corrected chi connectivity index (χ2v) is 6.87. The lowest BCUT2D eigenvalue weighted by atomic mass is 9.83. The van der Waals surface area contributed by atoms with E-state index in [1.807, 2.05) is 74.5 Å². The van der Waals surface area contributed by atoms with Gasteiger partial charge < -0.3 is 4.74 Å². The quantitative estimate of drug-likeness (QED) is 0.608.